The molecular weight excluding hydrogens is 352 g/mol. The molecule has 1 atom stereocenters. The summed E-state index contributed by atoms with van der Waals surface area (Å²) in [5.74, 6) is -0.451. The third-order valence-electron chi connectivity index (χ3n) is 3.49. The van der Waals surface area contributed by atoms with Gasteiger partial charge < -0.3 is 5.73 Å². The quantitative estimate of drug-likeness (QED) is 0.883. The highest BCUT2D eigenvalue weighted by atomic mass is 79.9. The maximum atomic E-state index is 12.5. The maximum Gasteiger partial charge on any atom is 0.244 e. The lowest BCUT2D eigenvalue weighted by atomic mass is 9.89. The second-order valence-electron chi connectivity index (χ2n) is 4.98. The predicted molar refractivity (Wildman–Crippen MR) is 77.4 cm³/mol. The van der Waals surface area contributed by atoms with Crippen molar-refractivity contribution in [3.8, 4) is 0 Å². The Kier molecular flexibility index (Phi) is 3.81. The van der Waals surface area contributed by atoms with Gasteiger partial charge in [0.25, 0.3) is 0 Å². The summed E-state index contributed by atoms with van der Waals surface area (Å²) in [5, 5.41) is 0. The van der Waals surface area contributed by atoms with Gasteiger partial charge in [-0.15, -0.1) is 11.3 Å². The van der Waals surface area contributed by atoms with E-state index < -0.39 is 21.3 Å². The number of primary amides is 1. The van der Waals surface area contributed by atoms with Gasteiger partial charge in [-0.2, -0.15) is 4.31 Å². The summed E-state index contributed by atoms with van der Waals surface area (Å²) in [5.41, 5.74) is 4.57. The van der Waals surface area contributed by atoms with E-state index in [0.717, 1.165) is 8.66 Å². The van der Waals surface area contributed by atoms with Crippen LogP contribution < -0.4 is 5.73 Å². The van der Waals surface area contributed by atoms with Gasteiger partial charge in [0.05, 0.1) is 14.1 Å². The number of nitrogens with zero attached hydrogens (tertiary/aromatic N) is 1. The molecule has 8 heteroatoms. The Hall–Kier alpha value is -0.440. The third-order valence-corrected chi connectivity index (χ3v) is 7.15. The summed E-state index contributed by atoms with van der Waals surface area (Å²) in [6, 6.07) is 1.61. The highest BCUT2D eigenvalue weighted by molar-refractivity contribution is 9.11. The molecular formula is C11H15BrN2O3S2. The van der Waals surface area contributed by atoms with Crippen molar-refractivity contribution < 1.29 is 13.2 Å². The molecule has 0 saturated carbocycles. The number of halogens is 1. The number of thiophene rings is 1. The lowest BCUT2D eigenvalue weighted by Gasteiger charge is -2.20. The lowest BCUT2D eigenvalue weighted by Crippen LogP contribution is -2.38. The number of amides is 1. The Bertz CT molecular complexity index is 626. The van der Waals surface area contributed by atoms with Crippen molar-refractivity contribution in [1.82, 2.24) is 4.31 Å². The fourth-order valence-electron chi connectivity index (χ4n) is 2.15. The lowest BCUT2D eigenvalue weighted by molar-refractivity contribution is -0.126. The summed E-state index contributed by atoms with van der Waals surface area (Å²) in [6.07, 6.45) is 0.464. The van der Waals surface area contributed by atoms with Crippen LogP contribution in [0.15, 0.2) is 14.7 Å². The van der Waals surface area contributed by atoms with E-state index >= 15 is 0 Å². The topological polar surface area (TPSA) is 80.5 Å². The van der Waals surface area contributed by atoms with Crippen molar-refractivity contribution in [2.75, 3.05) is 13.1 Å². The summed E-state index contributed by atoms with van der Waals surface area (Å²) < 4.78 is 27.2. The van der Waals surface area contributed by atoms with E-state index in [2.05, 4.69) is 15.9 Å². The number of carbonyl (C=O) groups is 1. The number of nitrogens with two attached hydrogens (primary N) is 1. The van der Waals surface area contributed by atoms with Gasteiger partial charge in [0.15, 0.2) is 0 Å². The van der Waals surface area contributed by atoms with E-state index in [1.54, 1.807) is 19.9 Å². The molecule has 0 radical (unpaired) electrons. The molecule has 1 aliphatic heterocycles. The Labute approximate surface area is 125 Å². The smallest absolute Gasteiger partial charge is 0.244 e. The van der Waals surface area contributed by atoms with E-state index in [-0.39, 0.29) is 6.54 Å². The SMILES string of the molecule is Cc1sc(Br)cc1S(=O)(=O)N1CCC(C)(C(N)=O)C1. The molecule has 19 heavy (non-hydrogen) atoms. The van der Waals surface area contributed by atoms with Gasteiger partial charge in [0.2, 0.25) is 15.9 Å². The van der Waals surface area contributed by atoms with E-state index in [9.17, 15) is 13.2 Å². The first-order valence-corrected chi connectivity index (χ1v) is 8.78. The Morgan fingerprint density at radius 1 is 1.58 bits per heavy atom. The number of aryl methyl sites for hydroxylation is 1. The van der Waals surface area contributed by atoms with Crippen molar-refractivity contribution in [3.63, 3.8) is 0 Å². The van der Waals surface area contributed by atoms with Gasteiger partial charge in [-0.25, -0.2) is 8.42 Å². The number of hydrogen-bond donors (Lipinski definition) is 1. The van der Waals surface area contributed by atoms with Crippen LogP contribution in [0.4, 0.5) is 0 Å². The minimum atomic E-state index is -3.55. The minimum absolute atomic E-state index is 0.150. The van der Waals surface area contributed by atoms with Crippen LogP contribution in [0.5, 0.6) is 0 Å². The molecule has 0 aromatic carbocycles. The molecule has 0 aliphatic carbocycles. The maximum absolute atomic E-state index is 12.5. The molecule has 1 saturated heterocycles. The molecule has 106 valence electrons. The highest BCUT2D eigenvalue weighted by Crippen LogP contribution is 2.36. The third kappa shape index (κ3) is 2.58. The summed E-state index contributed by atoms with van der Waals surface area (Å²) in [6.45, 7) is 3.96. The van der Waals surface area contributed by atoms with Crippen molar-refractivity contribution in [2.45, 2.75) is 25.2 Å². The molecule has 2 heterocycles. The van der Waals surface area contributed by atoms with Crippen molar-refractivity contribution in [2.24, 2.45) is 11.1 Å². The second-order valence-corrected chi connectivity index (χ2v) is 9.53. The van der Waals surface area contributed by atoms with E-state index in [4.69, 9.17) is 5.73 Å². The standard InChI is InChI=1S/C11H15BrN2O3S2/c1-7-8(5-9(12)18-7)19(16,17)14-4-3-11(2,6-14)10(13)15/h5H,3-4,6H2,1-2H3,(H2,13,15). The van der Waals surface area contributed by atoms with Crippen LogP contribution in [0, 0.1) is 12.3 Å². The average Bonchev–Trinajstić information content (AvgIpc) is 2.84. The first kappa shape index (κ1) is 15.0. The van der Waals surface area contributed by atoms with Crippen LogP contribution >= 0.6 is 27.3 Å². The van der Waals surface area contributed by atoms with Crippen molar-refractivity contribution in [1.29, 1.82) is 0 Å². The Balaban J connectivity index is 2.33. The normalized spacial score (nSPS) is 24.8. The van der Waals surface area contributed by atoms with Crippen LogP contribution in [-0.2, 0) is 14.8 Å². The first-order chi connectivity index (χ1) is 8.67. The van der Waals surface area contributed by atoms with Crippen molar-refractivity contribution >= 4 is 43.2 Å². The fraction of sp³-hybridized carbons (Fsp3) is 0.545. The largest absolute Gasteiger partial charge is 0.369 e. The van der Waals surface area contributed by atoms with Crippen LogP contribution in [0.1, 0.15) is 18.2 Å². The molecule has 1 fully saturated rings. The van der Waals surface area contributed by atoms with Gasteiger partial charge in [-0.05, 0) is 42.3 Å². The molecule has 0 spiro atoms. The van der Waals surface area contributed by atoms with E-state index in [0.29, 0.717) is 17.9 Å². The fourth-order valence-corrected chi connectivity index (χ4v) is 6.10. The number of carbonyl (C=O) groups excluding carboxylic acids is 1. The molecule has 1 aromatic heterocycles. The molecule has 5 nitrogen and oxygen atoms in total. The van der Waals surface area contributed by atoms with E-state index in [1.165, 1.54) is 15.6 Å². The number of hydrogen-bond acceptors (Lipinski definition) is 4. The molecule has 1 aromatic rings. The molecule has 2 rings (SSSR count). The summed E-state index contributed by atoms with van der Waals surface area (Å²) in [7, 11) is -3.55. The molecule has 1 aliphatic rings. The van der Waals surface area contributed by atoms with E-state index in [1.807, 2.05) is 0 Å². The molecule has 1 amide bonds. The first-order valence-electron chi connectivity index (χ1n) is 5.73. The van der Waals surface area contributed by atoms with Gasteiger partial charge in [-0.1, -0.05) is 0 Å². The Morgan fingerprint density at radius 3 is 2.63 bits per heavy atom. The average molecular weight is 367 g/mol. The molecule has 2 N–H and O–H groups in total. The predicted octanol–water partition coefficient (Wildman–Crippen LogP) is 1.71. The Morgan fingerprint density at radius 2 is 2.21 bits per heavy atom. The minimum Gasteiger partial charge on any atom is -0.369 e. The second kappa shape index (κ2) is 4.83. The van der Waals surface area contributed by atoms with Gasteiger partial charge >= 0.3 is 0 Å². The monoisotopic (exact) mass is 366 g/mol. The van der Waals surface area contributed by atoms with Crippen LogP contribution in [0.3, 0.4) is 0 Å². The summed E-state index contributed by atoms with van der Waals surface area (Å²) in [4.78, 5) is 12.4. The van der Waals surface area contributed by atoms with Crippen LogP contribution in [0.25, 0.3) is 0 Å². The number of sulfonamides is 1. The zero-order chi connectivity index (χ0) is 14.4. The van der Waals surface area contributed by atoms with Gasteiger partial charge in [0.1, 0.15) is 0 Å². The molecule has 0 bridgehead atoms. The van der Waals surface area contributed by atoms with Crippen LogP contribution in [-0.4, -0.2) is 31.7 Å². The number of rotatable bonds is 3. The summed E-state index contributed by atoms with van der Waals surface area (Å²) >= 11 is 4.67. The van der Waals surface area contributed by atoms with Gasteiger partial charge in [-0.3, -0.25) is 4.79 Å². The molecule has 1 unspecified atom stereocenters. The highest BCUT2D eigenvalue weighted by Gasteiger charge is 2.44. The van der Waals surface area contributed by atoms with Gasteiger partial charge in [0, 0.05) is 18.0 Å². The van der Waals surface area contributed by atoms with Crippen molar-refractivity contribution in [3.05, 3.63) is 14.7 Å². The van der Waals surface area contributed by atoms with Crippen LogP contribution in [0.2, 0.25) is 0 Å². The zero-order valence-corrected chi connectivity index (χ0v) is 13.9. The zero-order valence-electron chi connectivity index (χ0n) is 10.6.